The molecule has 2 N–H and O–H groups in total. The summed E-state index contributed by atoms with van der Waals surface area (Å²) in [6, 6.07) is 39.2. The van der Waals surface area contributed by atoms with Gasteiger partial charge in [-0.2, -0.15) is 0 Å². The van der Waals surface area contributed by atoms with Crippen LogP contribution in [-0.2, 0) is 64.3 Å². The number of hydrogen-bond donors (Lipinski definition) is 2. The van der Waals surface area contributed by atoms with Crippen molar-refractivity contribution in [2.24, 2.45) is 5.92 Å². The van der Waals surface area contributed by atoms with Gasteiger partial charge in [-0.15, -0.1) is 9.24 Å². The van der Waals surface area contributed by atoms with Crippen LogP contribution in [0.2, 0.25) is 0 Å². The molecule has 0 aliphatic carbocycles. The smallest absolute Gasteiger partial charge is 0.187 e. The van der Waals surface area contributed by atoms with Gasteiger partial charge in [0, 0.05) is 5.92 Å². The molecule has 0 radical (unpaired) electrons. The highest BCUT2D eigenvalue weighted by Crippen LogP contribution is 2.36. The van der Waals surface area contributed by atoms with Crippen molar-refractivity contribution in [3.8, 4) is 0 Å². The van der Waals surface area contributed by atoms with Crippen LogP contribution in [0.5, 0.6) is 0 Å². The van der Waals surface area contributed by atoms with Crippen LogP contribution in [-0.4, -0.2) is 85.1 Å². The summed E-state index contributed by atoms with van der Waals surface area (Å²) in [5.74, 6) is -0.297. The van der Waals surface area contributed by atoms with Crippen LogP contribution in [0.3, 0.4) is 0 Å². The first-order valence-corrected chi connectivity index (χ1v) is 19.0. The first-order valence-electron chi connectivity index (χ1n) is 18.2. The van der Waals surface area contributed by atoms with Gasteiger partial charge in [-0.05, 0) is 22.3 Å². The largest absolute Gasteiger partial charge is 0.387 e. The van der Waals surface area contributed by atoms with E-state index < -0.39 is 55.3 Å². The summed E-state index contributed by atoms with van der Waals surface area (Å²) in [4.78, 5) is 0. The van der Waals surface area contributed by atoms with Crippen molar-refractivity contribution >= 4 is 9.24 Å². The highest BCUT2D eigenvalue weighted by Gasteiger charge is 2.51. The second-order valence-corrected chi connectivity index (χ2v) is 13.7. The average molecular weight is 747 g/mol. The summed E-state index contributed by atoms with van der Waals surface area (Å²) in [6.45, 7) is 3.43. The van der Waals surface area contributed by atoms with Gasteiger partial charge in [-0.1, -0.05) is 128 Å². The first-order chi connectivity index (χ1) is 26.0. The van der Waals surface area contributed by atoms with Crippen molar-refractivity contribution in [3.05, 3.63) is 144 Å². The molecule has 4 aromatic rings. The van der Waals surface area contributed by atoms with E-state index in [4.69, 9.17) is 37.9 Å². The fourth-order valence-corrected chi connectivity index (χ4v) is 6.85. The minimum Gasteiger partial charge on any atom is -0.387 e. The Bertz CT molecular complexity index is 1580. The molecule has 284 valence electrons. The first kappa shape index (κ1) is 39.6. The number of aliphatic hydroxyl groups is 2. The highest BCUT2D eigenvalue weighted by atomic mass is 31.0. The molecule has 0 amide bonds. The molecular formula is C42H51O10P. The molecule has 6 rings (SSSR count). The predicted octanol–water partition coefficient (Wildman–Crippen LogP) is 5.63. The maximum Gasteiger partial charge on any atom is 0.187 e. The molecule has 53 heavy (non-hydrogen) atoms. The Morgan fingerprint density at radius 1 is 0.509 bits per heavy atom. The monoisotopic (exact) mass is 746 g/mol. The van der Waals surface area contributed by atoms with E-state index in [9.17, 15) is 10.2 Å². The molecular weight excluding hydrogens is 695 g/mol. The number of hydrogen-bond acceptors (Lipinski definition) is 10. The summed E-state index contributed by atoms with van der Waals surface area (Å²) >= 11 is 0. The molecule has 2 aliphatic rings. The number of ether oxygens (including phenoxy) is 8. The van der Waals surface area contributed by atoms with Gasteiger partial charge < -0.3 is 48.1 Å². The summed E-state index contributed by atoms with van der Waals surface area (Å²) in [5, 5.41) is 22.9. The predicted molar refractivity (Wildman–Crippen MR) is 201 cm³/mol. The Hall–Kier alpha value is -3.09. The molecule has 2 fully saturated rings. The second kappa shape index (κ2) is 20.6. The zero-order valence-electron chi connectivity index (χ0n) is 30.0. The van der Waals surface area contributed by atoms with Crippen LogP contribution >= 0.6 is 9.24 Å². The molecule has 2 aliphatic heterocycles. The van der Waals surface area contributed by atoms with Crippen LogP contribution < -0.4 is 0 Å². The molecule has 2 heterocycles. The van der Waals surface area contributed by atoms with Gasteiger partial charge in [0.1, 0.15) is 36.6 Å². The van der Waals surface area contributed by atoms with Gasteiger partial charge in [-0.3, -0.25) is 0 Å². The van der Waals surface area contributed by atoms with E-state index in [0.717, 1.165) is 22.3 Å². The molecule has 2 saturated heterocycles. The molecule has 11 atom stereocenters. The maximum atomic E-state index is 11.6. The molecule has 0 bridgehead atoms. The van der Waals surface area contributed by atoms with Gasteiger partial charge in [0.05, 0.1) is 52.1 Å². The minimum atomic E-state index is -1.34. The summed E-state index contributed by atoms with van der Waals surface area (Å²) < 4.78 is 51.0. The lowest BCUT2D eigenvalue weighted by atomic mass is 9.90. The fraction of sp³-hybridized carbons (Fsp3) is 0.429. The number of aliphatic hydroxyl groups excluding tert-OH is 2. The fourth-order valence-electron chi connectivity index (χ4n) is 6.66. The van der Waals surface area contributed by atoms with E-state index in [-0.39, 0.29) is 25.7 Å². The van der Waals surface area contributed by atoms with E-state index in [2.05, 4.69) is 9.24 Å². The maximum absolute atomic E-state index is 11.6. The van der Waals surface area contributed by atoms with E-state index >= 15 is 0 Å². The van der Waals surface area contributed by atoms with Crippen molar-refractivity contribution in [3.63, 3.8) is 0 Å². The van der Waals surface area contributed by atoms with Crippen LogP contribution in [0.25, 0.3) is 0 Å². The van der Waals surface area contributed by atoms with Crippen molar-refractivity contribution < 1.29 is 48.1 Å². The highest BCUT2D eigenvalue weighted by molar-refractivity contribution is 7.16. The molecule has 6 unspecified atom stereocenters. The van der Waals surface area contributed by atoms with Crippen LogP contribution in [0.4, 0.5) is 0 Å². The lowest BCUT2D eigenvalue weighted by Crippen LogP contribution is -2.63. The van der Waals surface area contributed by atoms with Crippen molar-refractivity contribution in [1.29, 1.82) is 0 Å². The summed E-state index contributed by atoms with van der Waals surface area (Å²) in [6.07, 6.45) is -7.85. The van der Waals surface area contributed by atoms with Crippen molar-refractivity contribution in [2.45, 2.75) is 88.7 Å². The normalized spacial score (nSPS) is 28.8. The zero-order chi connectivity index (χ0) is 36.8. The summed E-state index contributed by atoms with van der Waals surface area (Å²) in [5.41, 5.74) is 3.91. The molecule has 11 heteroatoms. The van der Waals surface area contributed by atoms with E-state index in [1.807, 2.05) is 128 Å². The topological polar surface area (TPSA) is 114 Å². The lowest BCUT2D eigenvalue weighted by molar-refractivity contribution is -0.361. The van der Waals surface area contributed by atoms with E-state index in [0.29, 0.717) is 26.2 Å². The minimum absolute atomic E-state index is 0.0195. The van der Waals surface area contributed by atoms with Crippen LogP contribution in [0, 0.1) is 5.92 Å². The quantitative estimate of drug-likeness (QED) is 0.124. The Morgan fingerprint density at radius 3 is 1.43 bits per heavy atom. The third-order valence-electron chi connectivity index (χ3n) is 9.53. The third kappa shape index (κ3) is 11.2. The van der Waals surface area contributed by atoms with Gasteiger partial charge in [0.15, 0.2) is 12.6 Å². The Labute approximate surface area is 314 Å². The molecule has 0 spiro atoms. The van der Waals surface area contributed by atoms with Gasteiger partial charge in [0.25, 0.3) is 0 Å². The third-order valence-corrected chi connectivity index (χ3v) is 9.73. The molecule has 0 aromatic heterocycles. The van der Waals surface area contributed by atoms with Crippen molar-refractivity contribution in [1.82, 2.24) is 0 Å². The summed E-state index contributed by atoms with van der Waals surface area (Å²) in [7, 11) is 2.58. The molecule has 0 saturated carbocycles. The van der Waals surface area contributed by atoms with E-state index in [1.54, 1.807) is 0 Å². The number of rotatable bonds is 18. The standard InChI is InChI=1S/C42H51O10P/c1-29-38(35(27-46-23-31-16-8-3-9-17-31)51-41(49-28-53)39(29)47-24-32-18-10-4-11-19-32)52-42-40(48-25-33-20-12-5-13-21-33)37(44)36(43)34(50-42)26-45-22-30-14-6-2-7-15-30/h2-21,29,34-44H,22-28,53H2,1H3/t29?,34?,35?,36-,37-,38-,39?,40?,41-,42-/m0/s1. The lowest BCUT2D eigenvalue weighted by Gasteiger charge is -2.48. The molecule has 4 aromatic carbocycles. The zero-order valence-corrected chi connectivity index (χ0v) is 31.2. The van der Waals surface area contributed by atoms with Gasteiger partial charge >= 0.3 is 0 Å². The van der Waals surface area contributed by atoms with Gasteiger partial charge in [-0.25, -0.2) is 0 Å². The SMILES string of the molecule is CC1C(OCc2ccccc2)[C@@H](OCP)OC(COCc2ccccc2)[C@H]1O[C@@H]1OC(COCc2ccccc2)[C@H](O)[C@H](O)C1OCc1ccccc1. The van der Waals surface area contributed by atoms with Gasteiger partial charge in [0.2, 0.25) is 0 Å². The Kier molecular flexibility index (Phi) is 15.4. The average Bonchev–Trinajstić information content (AvgIpc) is 3.19. The Balaban J connectivity index is 1.24. The van der Waals surface area contributed by atoms with E-state index in [1.165, 1.54) is 0 Å². The van der Waals surface area contributed by atoms with Crippen LogP contribution in [0.15, 0.2) is 121 Å². The van der Waals surface area contributed by atoms with Crippen LogP contribution in [0.1, 0.15) is 29.2 Å². The molecule has 10 nitrogen and oxygen atoms in total. The number of benzene rings is 4. The second-order valence-electron chi connectivity index (χ2n) is 13.4. The Morgan fingerprint density at radius 2 is 0.943 bits per heavy atom. The van der Waals surface area contributed by atoms with Crippen molar-refractivity contribution in [2.75, 3.05) is 19.6 Å².